The number of anilines is 1. The molecule has 5 aromatic carbocycles. The van der Waals surface area contributed by atoms with Crippen molar-refractivity contribution in [2.45, 2.75) is 24.5 Å². The fourth-order valence-electron chi connectivity index (χ4n) is 7.06. The topological polar surface area (TPSA) is 197 Å². The number of nitro groups is 1. The number of nitrogens with two attached hydrogens (primary N) is 1. The van der Waals surface area contributed by atoms with Gasteiger partial charge < -0.3 is 29.4 Å². The largest absolute Gasteiger partial charge is 0.497 e. The molecule has 310 valence electrons. The monoisotopic (exact) mass is 849 g/mol. The van der Waals surface area contributed by atoms with Crippen molar-refractivity contribution in [2.24, 2.45) is 0 Å². The summed E-state index contributed by atoms with van der Waals surface area (Å²) >= 11 is 5.90. The van der Waals surface area contributed by atoms with Gasteiger partial charge in [0.1, 0.15) is 29.9 Å². The van der Waals surface area contributed by atoms with Crippen LogP contribution in [0, 0.1) is 14.9 Å². The molecule has 8 rings (SSSR count). The highest BCUT2D eigenvalue weighted by Crippen LogP contribution is 2.41. The molecule has 1 aliphatic rings. The normalized spacial score (nSPS) is 16.9. The average molecular weight is 850 g/mol. The number of nitrogens with zero attached hydrogens (tertiary/aromatic N) is 4. The van der Waals surface area contributed by atoms with Gasteiger partial charge >= 0.3 is 17.9 Å². The summed E-state index contributed by atoms with van der Waals surface area (Å²) in [7, 11) is 1.54. The van der Waals surface area contributed by atoms with Gasteiger partial charge in [-0.05, 0) is 90.1 Å². The fraction of sp³-hybridized carbons (Fsp3) is 0.130. The average Bonchev–Trinajstić information content (AvgIpc) is 3.63. The third kappa shape index (κ3) is 8.45. The number of ether oxygens (including phenoxy) is 5. The first kappa shape index (κ1) is 40.9. The van der Waals surface area contributed by atoms with Gasteiger partial charge in [-0.15, -0.1) is 0 Å². The SMILES string of the molecule is COc1ccc(-c2cc(-c3ccc([N+](=O)[O-])cc3)nc3c2c(N)nc(=S)n3[C@@H]2O[C@H](COC(=O)c3ccccc3)[C@@H](OC(=O)c3ccccc3)[C@H]2OC(=O)c2ccccc2)cc1. The van der Waals surface area contributed by atoms with Gasteiger partial charge in [0.15, 0.2) is 18.4 Å². The van der Waals surface area contributed by atoms with Crippen LogP contribution in [0.1, 0.15) is 37.3 Å². The van der Waals surface area contributed by atoms with Gasteiger partial charge in [0.2, 0.25) is 4.77 Å². The molecule has 0 radical (unpaired) electrons. The van der Waals surface area contributed by atoms with Crippen LogP contribution >= 0.6 is 12.2 Å². The van der Waals surface area contributed by atoms with E-state index >= 15 is 0 Å². The molecule has 0 saturated carbocycles. The number of esters is 3. The number of benzene rings is 5. The molecule has 1 aliphatic heterocycles. The number of non-ortho nitro benzene ring substituents is 1. The minimum atomic E-state index is -1.47. The Bertz CT molecular complexity index is 2850. The molecule has 16 heteroatoms. The summed E-state index contributed by atoms with van der Waals surface area (Å²) in [4.78, 5) is 61.8. The number of rotatable bonds is 12. The predicted molar refractivity (Wildman–Crippen MR) is 229 cm³/mol. The third-order valence-corrected chi connectivity index (χ3v) is 10.4. The number of carbonyl (C=O) groups is 3. The first-order valence-corrected chi connectivity index (χ1v) is 19.5. The third-order valence-electron chi connectivity index (χ3n) is 10.1. The lowest BCUT2D eigenvalue weighted by Gasteiger charge is -2.26. The van der Waals surface area contributed by atoms with Crippen molar-refractivity contribution < 1.29 is 43.0 Å². The second-order valence-corrected chi connectivity index (χ2v) is 14.3. The van der Waals surface area contributed by atoms with Crippen LogP contribution in [0.4, 0.5) is 11.5 Å². The summed E-state index contributed by atoms with van der Waals surface area (Å²) in [6, 6.07) is 39.4. The number of hydrogen-bond acceptors (Lipinski definition) is 14. The van der Waals surface area contributed by atoms with Gasteiger partial charge in [-0.25, -0.2) is 24.4 Å². The maximum Gasteiger partial charge on any atom is 0.338 e. The van der Waals surface area contributed by atoms with Crippen molar-refractivity contribution in [1.29, 1.82) is 0 Å². The zero-order valence-corrected chi connectivity index (χ0v) is 33.5. The predicted octanol–water partition coefficient (Wildman–Crippen LogP) is 8.20. The molecule has 0 aliphatic carbocycles. The summed E-state index contributed by atoms with van der Waals surface area (Å²) in [5, 5.41) is 11.9. The first-order chi connectivity index (χ1) is 30.1. The second kappa shape index (κ2) is 17.8. The van der Waals surface area contributed by atoms with E-state index in [1.807, 2.05) is 12.1 Å². The maximum atomic E-state index is 14.0. The molecule has 3 heterocycles. The number of fused-ring (bicyclic) bond motifs is 1. The van der Waals surface area contributed by atoms with Crippen LogP contribution in [0.25, 0.3) is 33.4 Å². The summed E-state index contributed by atoms with van der Waals surface area (Å²) in [5.74, 6) is -1.65. The van der Waals surface area contributed by atoms with Crippen LogP contribution in [-0.4, -0.2) is 69.4 Å². The van der Waals surface area contributed by atoms with Gasteiger partial charge in [-0.2, -0.15) is 0 Å². The molecule has 2 aromatic heterocycles. The number of nitro benzene ring substituents is 1. The van der Waals surface area contributed by atoms with E-state index in [-0.39, 0.29) is 38.6 Å². The van der Waals surface area contributed by atoms with Crippen molar-refractivity contribution in [3.05, 3.63) is 177 Å². The van der Waals surface area contributed by atoms with Crippen LogP contribution in [0.5, 0.6) is 5.75 Å². The van der Waals surface area contributed by atoms with E-state index in [4.69, 9.17) is 46.6 Å². The van der Waals surface area contributed by atoms with E-state index in [0.717, 1.165) is 0 Å². The molecule has 1 fully saturated rings. The molecule has 1 saturated heterocycles. The first-order valence-electron chi connectivity index (χ1n) is 19.1. The van der Waals surface area contributed by atoms with Crippen LogP contribution in [0.2, 0.25) is 0 Å². The Morgan fingerprint density at radius 1 is 0.742 bits per heavy atom. The minimum Gasteiger partial charge on any atom is -0.497 e. The lowest BCUT2D eigenvalue weighted by Crippen LogP contribution is -2.41. The van der Waals surface area contributed by atoms with Gasteiger partial charge in [-0.1, -0.05) is 66.7 Å². The van der Waals surface area contributed by atoms with Gasteiger partial charge in [0, 0.05) is 17.7 Å². The summed E-state index contributed by atoms with van der Waals surface area (Å²) < 4.78 is 31.5. The smallest absolute Gasteiger partial charge is 0.338 e. The summed E-state index contributed by atoms with van der Waals surface area (Å²) in [6.07, 6.45) is -5.55. The second-order valence-electron chi connectivity index (χ2n) is 13.9. The fourth-order valence-corrected chi connectivity index (χ4v) is 7.35. The lowest BCUT2D eigenvalue weighted by atomic mass is 9.99. The van der Waals surface area contributed by atoms with E-state index in [1.165, 1.54) is 16.7 Å². The lowest BCUT2D eigenvalue weighted by molar-refractivity contribution is -0.384. The minimum absolute atomic E-state index is 0.00559. The molecule has 0 spiro atoms. The van der Waals surface area contributed by atoms with Crippen molar-refractivity contribution in [2.75, 3.05) is 19.5 Å². The molecule has 2 N–H and O–H groups in total. The highest BCUT2D eigenvalue weighted by atomic mass is 32.1. The highest BCUT2D eigenvalue weighted by molar-refractivity contribution is 7.71. The number of pyridine rings is 1. The maximum absolute atomic E-state index is 14.0. The van der Waals surface area contributed by atoms with Crippen molar-refractivity contribution in [1.82, 2.24) is 14.5 Å². The van der Waals surface area contributed by atoms with Crippen molar-refractivity contribution in [3.63, 3.8) is 0 Å². The number of nitrogen functional groups attached to an aromatic ring is 1. The van der Waals surface area contributed by atoms with E-state index < -0.39 is 54.0 Å². The highest BCUT2D eigenvalue weighted by Gasteiger charge is 2.52. The Balaban J connectivity index is 1.32. The zero-order valence-electron chi connectivity index (χ0n) is 32.7. The Morgan fingerprint density at radius 3 is 1.82 bits per heavy atom. The standard InChI is InChI=1S/C46H35N5O10S/c1-57-33-23-19-27(20-24-33)34-25-35(28-17-21-32(22-18-28)51(55)56)48-41-37(34)40(47)49-46(62)50(41)42-39(61-45(54)31-15-9-4-10-16-31)38(60-44(53)30-13-7-3-8-14-30)36(59-42)26-58-43(52)29-11-5-2-6-12-29/h2-25,36,38-39,42H,26H2,1H3,(H2,47,49,62)/t36-,38-,39-,42-/m1/s1. The molecule has 15 nitrogen and oxygen atoms in total. The number of aromatic nitrogens is 3. The zero-order chi connectivity index (χ0) is 43.3. The Morgan fingerprint density at radius 2 is 1.27 bits per heavy atom. The van der Waals surface area contributed by atoms with E-state index in [1.54, 1.807) is 128 Å². The van der Waals surface area contributed by atoms with E-state index in [0.29, 0.717) is 33.5 Å². The van der Waals surface area contributed by atoms with Gasteiger partial charge in [-0.3, -0.25) is 14.7 Å². The number of methoxy groups -OCH3 is 1. The number of carbonyl (C=O) groups excluding carboxylic acids is 3. The van der Waals surface area contributed by atoms with E-state index in [9.17, 15) is 24.5 Å². The molecule has 7 aromatic rings. The van der Waals surface area contributed by atoms with Gasteiger partial charge in [0.25, 0.3) is 5.69 Å². The molecule has 62 heavy (non-hydrogen) atoms. The quantitative estimate of drug-likeness (QED) is 0.0406. The number of hydrogen-bond donors (Lipinski definition) is 1. The van der Waals surface area contributed by atoms with Crippen LogP contribution in [-0.2, 0) is 18.9 Å². The molecule has 4 atom stereocenters. The molecular weight excluding hydrogens is 815 g/mol. The van der Waals surface area contributed by atoms with Crippen LogP contribution in [0.3, 0.4) is 0 Å². The van der Waals surface area contributed by atoms with Crippen LogP contribution < -0.4 is 10.5 Å². The van der Waals surface area contributed by atoms with Gasteiger partial charge in [0.05, 0.1) is 39.8 Å². The molecule has 0 bridgehead atoms. The Hall–Kier alpha value is -7.82. The summed E-state index contributed by atoms with van der Waals surface area (Å²) in [6.45, 7) is -0.456. The molecule has 0 amide bonds. The Labute approximate surface area is 358 Å². The molecular formula is C46H35N5O10S. The summed E-state index contributed by atoms with van der Waals surface area (Å²) in [5.41, 5.74) is 9.37. The van der Waals surface area contributed by atoms with Crippen molar-refractivity contribution in [3.8, 4) is 28.1 Å². The Kier molecular flexibility index (Phi) is 11.8. The van der Waals surface area contributed by atoms with Crippen molar-refractivity contribution >= 4 is 52.7 Å². The molecule has 0 unspecified atom stereocenters. The van der Waals surface area contributed by atoms with E-state index in [2.05, 4.69) is 4.98 Å². The van der Waals surface area contributed by atoms with Crippen LogP contribution in [0.15, 0.2) is 146 Å².